The van der Waals surface area contributed by atoms with Crippen LogP contribution in [-0.4, -0.2) is 8.07 Å². The van der Waals surface area contributed by atoms with E-state index in [4.69, 9.17) is 0 Å². The molecule has 0 aliphatic carbocycles. The molecule has 1 heteroatoms. The van der Waals surface area contributed by atoms with E-state index in [0.29, 0.717) is 0 Å². The zero-order chi connectivity index (χ0) is 13.9. The molecule has 0 fully saturated rings. The Labute approximate surface area is 117 Å². The fourth-order valence-electron chi connectivity index (χ4n) is 2.40. The van der Waals surface area contributed by atoms with E-state index in [1.54, 1.807) is 0 Å². The molecule has 0 bridgehead atoms. The maximum atomic E-state index is 3.92. The Hall–Kier alpha value is -1.82. The lowest BCUT2D eigenvalue weighted by Gasteiger charge is -2.25. The van der Waals surface area contributed by atoms with Crippen LogP contribution in [0.25, 0.3) is 5.20 Å². The molecule has 2 aromatic carbocycles. The van der Waals surface area contributed by atoms with E-state index in [1.807, 2.05) is 0 Å². The molecule has 96 valence electrons. The highest BCUT2D eigenvalue weighted by Gasteiger charge is 2.29. The Morgan fingerprint density at radius 2 is 1.53 bits per heavy atom. The minimum atomic E-state index is -1.72. The van der Waals surface area contributed by atoms with Gasteiger partial charge in [-0.2, -0.15) is 0 Å². The Bertz CT molecular complexity index is 600. The van der Waals surface area contributed by atoms with Crippen LogP contribution in [0.2, 0.25) is 13.1 Å². The molecule has 0 aliphatic rings. The average molecular weight is 264 g/mol. The summed E-state index contributed by atoms with van der Waals surface area (Å²) in [6, 6.07) is 19.4. The van der Waals surface area contributed by atoms with Gasteiger partial charge in [0, 0.05) is 0 Å². The van der Waals surface area contributed by atoms with Crippen molar-refractivity contribution >= 4 is 18.5 Å². The summed E-state index contributed by atoms with van der Waals surface area (Å²) in [5, 5.41) is 2.69. The quantitative estimate of drug-likeness (QED) is 0.572. The molecule has 2 rings (SSSR count). The third kappa shape index (κ3) is 2.78. The molecule has 0 unspecified atom stereocenters. The first-order valence-corrected chi connectivity index (χ1v) is 9.59. The van der Waals surface area contributed by atoms with Crippen molar-refractivity contribution in [3.05, 3.63) is 78.0 Å². The van der Waals surface area contributed by atoms with Gasteiger partial charge in [-0.1, -0.05) is 85.0 Å². The fourth-order valence-corrected chi connectivity index (χ4v) is 5.05. The third-order valence-corrected chi connectivity index (χ3v) is 7.13. The summed E-state index contributed by atoms with van der Waals surface area (Å²) in [6.45, 7) is 10.7. The number of rotatable bonds is 3. The van der Waals surface area contributed by atoms with Crippen molar-refractivity contribution in [2.24, 2.45) is 0 Å². The van der Waals surface area contributed by atoms with Crippen LogP contribution in [0.15, 0.2) is 66.9 Å². The van der Waals surface area contributed by atoms with Gasteiger partial charge < -0.3 is 0 Å². The fraction of sp³-hybridized carbons (Fsp3) is 0.167. The van der Waals surface area contributed by atoms with E-state index >= 15 is 0 Å². The molecular formula is C18H20Si. The Kier molecular flexibility index (Phi) is 3.89. The van der Waals surface area contributed by atoms with Crippen LogP contribution in [0.3, 0.4) is 0 Å². The van der Waals surface area contributed by atoms with Gasteiger partial charge in [-0.3, -0.25) is 0 Å². The van der Waals surface area contributed by atoms with Gasteiger partial charge in [0.15, 0.2) is 0 Å². The molecule has 0 atom stereocenters. The molecule has 19 heavy (non-hydrogen) atoms. The van der Waals surface area contributed by atoms with Crippen molar-refractivity contribution < 1.29 is 0 Å². The Balaban J connectivity index is 2.48. The number of hydrogen-bond acceptors (Lipinski definition) is 0. The summed E-state index contributed by atoms with van der Waals surface area (Å²) in [4.78, 5) is 0. The molecule has 0 radical (unpaired) electrons. The van der Waals surface area contributed by atoms with Crippen molar-refractivity contribution in [2.45, 2.75) is 20.0 Å². The number of benzene rings is 2. The van der Waals surface area contributed by atoms with Crippen LogP contribution in [-0.2, 0) is 0 Å². The van der Waals surface area contributed by atoms with Crippen LogP contribution in [0.4, 0.5) is 0 Å². The van der Waals surface area contributed by atoms with Crippen LogP contribution in [0.5, 0.6) is 0 Å². The van der Waals surface area contributed by atoms with Gasteiger partial charge in [0.05, 0.1) is 0 Å². The van der Waals surface area contributed by atoms with E-state index in [9.17, 15) is 0 Å². The highest BCUT2D eigenvalue weighted by atomic mass is 28.3. The predicted octanol–water partition coefficient (Wildman–Crippen LogP) is 4.32. The van der Waals surface area contributed by atoms with Crippen LogP contribution in [0, 0.1) is 6.92 Å². The van der Waals surface area contributed by atoms with Crippen molar-refractivity contribution in [2.75, 3.05) is 0 Å². The Morgan fingerprint density at radius 1 is 0.947 bits per heavy atom. The summed E-state index contributed by atoms with van der Waals surface area (Å²) >= 11 is 0. The average Bonchev–Trinajstić information content (AvgIpc) is 2.42. The van der Waals surface area contributed by atoms with Gasteiger partial charge in [-0.05, 0) is 17.7 Å². The first kappa shape index (κ1) is 13.6. The van der Waals surface area contributed by atoms with Crippen LogP contribution < -0.4 is 5.19 Å². The highest BCUT2D eigenvalue weighted by molar-refractivity contribution is 7.04. The molecule has 0 N–H and O–H groups in total. The van der Waals surface area contributed by atoms with Gasteiger partial charge >= 0.3 is 0 Å². The topological polar surface area (TPSA) is 0 Å². The molecule has 0 amide bonds. The van der Waals surface area contributed by atoms with Crippen molar-refractivity contribution in [1.82, 2.24) is 0 Å². The smallest absolute Gasteiger partial charge is 0.122 e. The normalized spacial score (nSPS) is 10.9. The van der Waals surface area contributed by atoms with Crippen molar-refractivity contribution in [3.8, 4) is 0 Å². The zero-order valence-corrected chi connectivity index (χ0v) is 12.9. The van der Waals surface area contributed by atoms with E-state index in [0.717, 1.165) is 0 Å². The SMILES string of the molecule is C=C=C(c1ccc(C)cc1)[Si](C)(C)c1ccccc1. The number of hydrogen-bond donors (Lipinski definition) is 0. The van der Waals surface area contributed by atoms with Gasteiger partial charge in [0.2, 0.25) is 0 Å². The lowest BCUT2D eigenvalue weighted by Crippen LogP contribution is -2.42. The van der Waals surface area contributed by atoms with E-state index in [2.05, 4.69) is 86.9 Å². The van der Waals surface area contributed by atoms with Crippen molar-refractivity contribution in [3.63, 3.8) is 0 Å². The second kappa shape index (κ2) is 5.44. The lowest BCUT2D eigenvalue weighted by molar-refractivity contribution is 1.46. The molecule has 0 spiro atoms. The summed E-state index contributed by atoms with van der Waals surface area (Å²) in [7, 11) is -1.72. The first-order valence-electron chi connectivity index (χ1n) is 6.59. The second-order valence-corrected chi connectivity index (χ2v) is 9.74. The molecular weight excluding hydrogens is 244 g/mol. The van der Waals surface area contributed by atoms with Crippen LogP contribution >= 0.6 is 0 Å². The summed E-state index contributed by atoms with van der Waals surface area (Å²) in [6.07, 6.45) is 0. The molecule has 0 heterocycles. The monoisotopic (exact) mass is 264 g/mol. The van der Waals surface area contributed by atoms with Crippen LogP contribution in [0.1, 0.15) is 11.1 Å². The van der Waals surface area contributed by atoms with E-state index < -0.39 is 8.07 Å². The highest BCUT2D eigenvalue weighted by Crippen LogP contribution is 2.25. The lowest BCUT2D eigenvalue weighted by atomic mass is 10.1. The minimum Gasteiger partial charge on any atom is -0.129 e. The Morgan fingerprint density at radius 3 is 2.05 bits per heavy atom. The molecule has 0 aromatic heterocycles. The largest absolute Gasteiger partial charge is 0.129 e. The van der Waals surface area contributed by atoms with Crippen molar-refractivity contribution in [1.29, 1.82) is 0 Å². The standard InChI is InChI=1S/C18H20Si/c1-5-18(16-13-11-15(2)12-14-16)19(3,4)17-9-7-6-8-10-17/h6-14H,1H2,2-4H3. The summed E-state index contributed by atoms with van der Waals surface area (Å²) in [5.74, 6) is 0. The summed E-state index contributed by atoms with van der Waals surface area (Å²) < 4.78 is 0. The van der Waals surface area contributed by atoms with Gasteiger partial charge in [-0.15, -0.1) is 5.73 Å². The molecule has 2 aromatic rings. The molecule has 0 aliphatic heterocycles. The minimum absolute atomic E-state index is 1.25. The number of aryl methyl sites for hydroxylation is 1. The summed E-state index contributed by atoms with van der Waals surface area (Å²) in [5.41, 5.74) is 5.74. The van der Waals surface area contributed by atoms with Gasteiger partial charge in [-0.25, -0.2) is 0 Å². The molecule has 0 nitrogen and oxygen atoms in total. The first-order chi connectivity index (χ1) is 9.05. The van der Waals surface area contributed by atoms with Gasteiger partial charge in [0.25, 0.3) is 0 Å². The maximum Gasteiger partial charge on any atom is 0.122 e. The van der Waals surface area contributed by atoms with E-state index in [-0.39, 0.29) is 0 Å². The third-order valence-electron chi connectivity index (χ3n) is 3.64. The maximum absolute atomic E-state index is 3.92. The van der Waals surface area contributed by atoms with E-state index in [1.165, 1.54) is 21.5 Å². The second-order valence-electron chi connectivity index (χ2n) is 5.41. The molecule has 0 saturated carbocycles. The predicted molar refractivity (Wildman–Crippen MR) is 87.3 cm³/mol. The molecule has 0 saturated heterocycles. The zero-order valence-electron chi connectivity index (χ0n) is 11.9. The van der Waals surface area contributed by atoms with Gasteiger partial charge in [0.1, 0.15) is 8.07 Å².